The van der Waals surface area contributed by atoms with Gasteiger partial charge in [-0.15, -0.1) is 0 Å². The van der Waals surface area contributed by atoms with E-state index in [1.54, 1.807) is 0 Å². The smallest absolute Gasteiger partial charge is 0.123 e. The fourth-order valence-electron chi connectivity index (χ4n) is 3.90. The largest absolute Gasteiger partial charge is 0.488 e. The van der Waals surface area contributed by atoms with Gasteiger partial charge in [0, 0.05) is 11.0 Å². The fourth-order valence-corrected chi connectivity index (χ4v) is 3.90. The average molecular weight is 273 g/mol. The predicted molar refractivity (Wildman–Crippen MR) is 83.3 cm³/mol. The molecule has 1 saturated carbocycles. The van der Waals surface area contributed by atoms with Crippen LogP contribution >= 0.6 is 0 Å². The molecule has 2 heteroatoms. The second-order valence-electron chi connectivity index (χ2n) is 7.64. The molecule has 2 nitrogen and oxygen atoms in total. The summed E-state index contributed by atoms with van der Waals surface area (Å²) in [4.78, 5) is 0. The molecule has 1 heterocycles. The highest BCUT2D eigenvalue weighted by Crippen LogP contribution is 2.63. The Morgan fingerprint density at radius 1 is 1.30 bits per heavy atom. The lowest BCUT2D eigenvalue weighted by Crippen LogP contribution is -2.39. The highest BCUT2D eigenvalue weighted by molar-refractivity contribution is 5.47. The van der Waals surface area contributed by atoms with Gasteiger partial charge in [-0.3, -0.25) is 0 Å². The first-order valence-electron chi connectivity index (χ1n) is 7.92. The Balaban J connectivity index is 1.77. The van der Waals surface area contributed by atoms with Gasteiger partial charge in [-0.2, -0.15) is 0 Å². The van der Waals surface area contributed by atoms with Gasteiger partial charge in [0.05, 0.1) is 0 Å². The first-order chi connectivity index (χ1) is 9.43. The Hall–Kier alpha value is -1.02. The molecule has 1 spiro atoms. The van der Waals surface area contributed by atoms with Crippen molar-refractivity contribution in [2.75, 3.05) is 13.1 Å². The van der Waals surface area contributed by atoms with Gasteiger partial charge in [-0.05, 0) is 57.7 Å². The van der Waals surface area contributed by atoms with Crippen LogP contribution in [0.2, 0.25) is 0 Å². The lowest BCUT2D eigenvalue weighted by atomic mass is 9.80. The van der Waals surface area contributed by atoms with Crippen molar-refractivity contribution < 1.29 is 4.74 Å². The molecule has 1 aliphatic carbocycles. The fraction of sp³-hybridized carbons (Fsp3) is 0.667. The van der Waals surface area contributed by atoms with Gasteiger partial charge in [-0.25, -0.2) is 0 Å². The molecule has 1 aliphatic heterocycles. The minimum absolute atomic E-state index is 0.0405. The van der Waals surface area contributed by atoms with Crippen LogP contribution in [0.5, 0.6) is 5.75 Å². The molecule has 1 aromatic rings. The normalized spacial score (nSPS) is 30.1. The topological polar surface area (TPSA) is 21.3 Å². The molecule has 110 valence electrons. The number of hydrogen-bond donors (Lipinski definition) is 1. The third-order valence-electron chi connectivity index (χ3n) is 4.73. The molecular weight excluding hydrogens is 246 g/mol. The van der Waals surface area contributed by atoms with E-state index in [4.69, 9.17) is 4.74 Å². The number of rotatable bonds is 4. The van der Waals surface area contributed by atoms with Crippen LogP contribution < -0.4 is 10.1 Å². The molecule has 20 heavy (non-hydrogen) atoms. The zero-order chi connectivity index (χ0) is 14.4. The van der Waals surface area contributed by atoms with Gasteiger partial charge in [-0.1, -0.05) is 32.0 Å². The minimum atomic E-state index is -0.0405. The first-order valence-corrected chi connectivity index (χ1v) is 7.92. The molecule has 0 amide bonds. The Morgan fingerprint density at radius 3 is 2.80 bits per heavy atom. The number of para-hydroxylation sites is 1. The van der Waals surface area contributed by atoms with E-state index in [0.717, 1.165) is 37.1 Å². The van der Waals surface area contributed by atoms with Crippen LogP contribution in [-0.2, 0) is 5.41 Å². The lowest BCUT2D eigenvalue weighted by molar-refractivity contribution is 0.0638. The van der Waals surface area contributed by atoms with Gasteiger partial charge >= 0.3 is 0 Å². The summed E-state index contributed by atoms with van der Waals surface area (Å²) in [6.45, 7) is 11.2. The SMILES string of the molecule is CC(C)CNCC1CC12CC(C)(C)Oc1ccccc12. The zero-order valence-corrected chi connectivity index (χ0v) is 13.2. The highest BCUT2D eigenvalue weighted by Gasteiger charge is 2.60. The molecule has 2 unspecified atom stereocenters. The Morgan fingerprint density at radius 2 is 2.05 bits per heavy atom. The van der Waals surface area contributed by atoms with E-state index in [9.17, 15) is 0 Å². The van der Waals surface area contributed by atoms with Gasteiger partial charge in [0.25, 0.3) is 0 Å². The van der Waals surface area contributed by atoms with Crippen LogP contribution in [0.1, 0.15) is 46.1 Å². The third kappa shape index (κ3) is 2.46. The van der Waals surface area contributed by atoms with E-state index >= 15 is 0 Å². The van der Waals surface area contributed by atoms with Gasteiger partial charge in [0.2, 0.25) is 0 Å². The average Bonchev–Trinajstić information content (AvgIpc) is 3.00. The van der Waals surface area contributed by atoms with E-state index in [0.29, 0.717) is 5.41 Å². The van der Waals surface area contributed by atoms with E-state index in [2.05, 4.69) is 57.3 Å². The Labute approximate surface area is 122 Å². The van der Waals surface area contributed by atoms with Gasteiger partial charge in [0.15, 0.2) is 0 Å². The van der Waals surface area contributed by atoms with Crippen molar-refractivity contribution in [2.45, 2.75) is 51.6 Å². The molecule has 3 rings (SSSR count). The third-order valence-corrected chi connectivity index (χ3v) is 4.73. The molecular formula is C18H27NO. The summed E-state index contributed by atoms with van der Waals surface area (Å²) in [6.07, 6.45) is 2.45. The summed E-state index contributed by atoms with van der Waals surface area (Å²) in [5.74, 6) is 2.60. The summed E-state index contributed by atoms with van der Waals surface area (Å²) in [5.41, 5.74) is 1.76. The molecule has 0 bridgehead atoms. The standard InChI is InChI=1S/C18H27NO/c1-13(2)10-19-11-14-9-18(14)12-17(3,4)20-16-8-6-5-7-15(16)18/h5-8,13-14,19H,9-12H2,1-4H3. The van der Waals surface area contributed by atoms with E-state index < -0.39 is 0 Å². The van der Waals surface area contributed by atoms with Crippen LogP contribution in [0.25, 0.3) is 0 Å². The predicted octanol–water partition coefficient (Wildman–Crippen LogP) is 3.75. The number of benzene rings is 1. The number of fused-ring (bicyclic) bond motifs is 2. The second kappa shape index (κ2) is 4.77. The van der Waals surface area contributed by atoms with Crippen molar-refractivity contribution in [1.82, 2.24) is 5.32 Å². The Kier molecular flexibility index (Phi) is 3.32. The molecule has 1 aromatic carbocycles. The first kappa shape index (κ1) is 13.9. The maximum Gasteiger partial charge on any atom is 0.123 e. The molecule has 0 saturated heterocycles. The summed E-state index contributed by atoms with van der Waals surface area (Å²) < 4.78 is 6.17. The Bertz CT molecular complexity index is 494. The molecule has 1 N–H and O–H groups in total. The minimum Gasteiger partial charge on any atom is -0.488 e. The quantitative estimate of drug-likeness (QED) is 0.902. The monoisotopic (exact) mass is 273 g/mol. The van der Waals surface area contributed by atoms with Crippen molar-refractivity contribution in [1.29, 1.82) is 0 Å². The van der Waals surface area contributed by atoms with Crippen molar-refractivity contribution >= 4 is 0 Å². The maximum atomic E-state index is 6.17. The van der Waals surface area contributed by atoms with Crippen LogP contribution in [0.15, 0.2) is 24.3 Å². The number of nitrogens with one attached hydrogen (secondary N) is 1. The summed E-state index contributed by atoms with van der Waals surface area (Å²) in [5, 5.41) is 3.64. The zero-order valence-electron chi connectivity index (χ0n) is 13.2. The van der Waals surface area contributed by atoms with E-state index in [1.807, 2.05) is 0 Å². The molecule has 2 atom stereocenters. The number of ether oxygens (including phenoxy) is 1. The van der Waals surface area contributed by atoms with Crippen molar-refractivity contribution in [3.63, 3.8) is 0 Å². The number of hydrogen-bond acceptors (Lipinski definition) is 2. The van der Waals surface area contributed by atoms with Crippen LogP contribution in [0, 0.1) is 11.8 Å². The van der Waals surface area contributed by atoms with E-state index in [-0.39, 0.29) is 5.60 Å². The summed E-state index contributed by atoms with van der Waals surface area (Å²) >= 11 is 0. The van der Waals surface area contributed by atoms with Crippen LogP contribution in [0.4, 0.5) is 0 Å². The van der Waals surface area contributed by atoms with Crippen LogP contribution in [-0.4, -0.2) is 18.7 Å². The van der Waals surface area contributed by atoms with E-state index in [1.165, 1.54) is 12.0 Å². The summed E-state index contributed by atoms with van der Waals surface area (Å²) in [7, 11) is 0. The highest BCUT2D eigenvalue weighted by atomic mass is 16.5. The van der Waals surface area contributed by atoms with Crippen molar-refractivity contribution in [2.24, 2.45) is 11.8 Å². The molecule has 2 aliphatic rings. The van der Waals surface area contributed by atoms with Gasteiger partial charge < -0.3 is 10.1 Å². The second-order valence-corrected chi connectivity index (χ2v) is 7.64. The lowest BCUT2D eigenvalue weighted by Gasteiger charge is -2.39. The molecule has 0 radical (unpaired) electrons. The van der Waals surface area contributed by atoms with Gasteiger partial charge in [0.1, 0.15) is 11.4 Å². The molecule has 1 fully saturated rings. The van der Waals surface area contributed by atoms with Crippen LogP contribution in [0.3, 0.4) is 0 Å². The van der Waals surface area contributed by atoms with Crippen molar-refractivity contribution in [3.05, 3.63) is 29.8 Å². The molecule has 0 aromatic heterocycles. The van der Waals surface area contributed by atoms with Crippen molar-refractivity contribution in [3.8, 4) is 5.75 Å². The summed E-state index contributed by atoms with van der Waals surface area (Å²) in [6, 6.07) is 8.64. The maximum absolute atomic E-state index is 6.17.